The fraction of sp³-hybridized carbons (Fsp3) is 1.00. The molecule has 0 amide bonds. The molecule has 0 aliphatic heterocycles. The van der Waals surface area contributed by atoms with E-state index in [-0.39, 0.29) is 0 Å². The van der Waals surface area contributed by atoms with Crippen molar-refractivity contribution < 1.29 is 0 Å². The van der Waals surface area contributed by atoms with E-state index in [1.54, 1.807) is 103 Å². The van der Waals surface area contributed by atoms with Crippen LogP contribution in [0.1, 0.15) is 109 Å². The van der Waals surface area contributed by atoms with Gasteiger partial charge in [-0.3, -0.25) is 0 Å². The van der Waals surface area contributed by atoms with Gasteiger partial charge in [0.1, 0.15) is 0 Å². The van der Waals surface area contributed by atoms with Gasteiger partial charge in [-0.1, -0.05) is 70.6 Å². The zero-order valence-corrected chi connectivity index (χ0v) is 14.8. The summed E-state index contributed by atoms with van der Waals surface area (Å²) in [4.78, 5) is 0. The SMILES string of the molecule is C1CCC(C2CCCCCC2(C2CCCC2)C2CCC2)CC1. The lowest BCUT2D eigenvalue weighted by Crippen LogP contribution is -2.48. The normalized spacial score (nSPS) is 39.5. The van der Waals surface area contributed by atoms with Gasteiger partial charge in [0.25, 0.3) is 0 Å². The average Bonchev–Trinajstić information content (AvgIpc) is 2.96. The van der Waals surface area contributed by atoms with E-state index in [4.69, 9.17) is 0 Å². The van der Waals surface area contributed by atoms with Crippen LogP contribution in [-0.4, -0.2) is 0 Å². The highest BCUT2D eigenvalue weighted by Crippen LogP contribution is 2.63. The lowest BCUT2D eigenvalue weighted by atomic mass is 9.49. The van der Waals surface area contributed by atoms with Crippen LogP contribution in [0.5, 0.6) is 0 Å². The summed E-state index contributed by atoms with van der Waals surface area (Å²) in [6.07, 6.45) is 26.8. The van der Waals surface area contributed by atoms with Crippen molar-refractivity contribution in [1.29, 1.82) is 0 Å². The Balaban J connectivity index is 1.65. The van der Waals surface area contributed by atoms with Gasteiger partial charge in [0.05, 0.1) is 0 Å². The maximum absolute atomic E-state index is 1.63. The predicted molar refractivity (Wildman–Crippen MR) is 94.9 cm³/mol. The summed E-state index contributed by atoms with van der Waals surface area (Å²) in [6.45, 7) is 0. The molecule has 0 N–H and O–H groups in total. The van der Waals surface area contributed by atoms with Crippen LogP contribution in [0.4, 0.5) is 0 Å². The lowest BCUT2D eigenvalue weighted by Gasteiger charge is -2.56. The van der Waals surface area contributed by atoms with Crippen LogP contribution >= 0.6 is 0 Å². The molecule has 0 aromatic carbocycles. The summed E-state index contributed by atoms with van der Waals surface area (Å²) in [7, 11) is 0. The maximum atomic E-state index is 1.63. The molecule has 0 aromatic heterocycles. The molecule has 126 valence electrons. The second-order valence-electron chi connectivity index (χ2n) is 9.33. The quantitative estimate of drug-likeness (QED) is 0.487. The second kappa shape index (κ2) is 6.86. The molecule has 0 heterocycles. The van der Waals surface area contributed by atoms with Crippen molar-refractivity contribution in [2.75, 3.05) is 0 Å². The molecule has 0 radical (unpaired) electrons. The molecule has 0 spiro atoms. The van der Waals surface area contributed by atoms with Crippen LogP contribution in [0.2, 0.25) is 0 Å². The first-order chi connectivity index (χ1) is 10.9. The molecule has 4 rings (SSSR count). The second-order valence-corrected chi connectivity index (χ2v) is 9.33. The minimum Gasteiger partial charge on any atom is -0.0533 e. The number of hydrogen-bond donors (Lipinski definition) is 0. The summed E-state index contributed by atoms with van der Waals surface area (Å²) < 4.78 is 0. The zero-order chi connectivity index (χ0) is 14.8. The molecular weight excluding hydrogens is 264 g/mol. The third kappa shape index (κ3) is 2.67. The molecule has 4 fully saturated rings. The third-order valence-electron chi connectivity index (χ3n) is 8.51. The minimum absolute atomic E-state index is 0.813. The standard InChI is InChI=1S/C22H38/c1-3-10-18(11-4-1)21-16-5-2-8-17-22(21,20-14-9-15-20)19-12-6-7-13-19/h18-21H,1-17H2. The molecule has 4 aliphatic rings. The van der Waals surface area contributed by atoms with Crippen LogP contribution < -0.4 is 0 Å². The van der Waals surface area contributed by atoms with Gasteiger partial charge in [0.15, 0.2) is 0 Å². The molecular formula is C22H38. The monoisotopic (exact) mass is 302 g/mol. The Morgan fingerprint density at radius 3 is 1.64 bits per heavy atom. The molecule has 0 bridgehead atoms. The van der Waals surface area contributed by atoms with Crippen molar-refractivity contribution in [2.24, 2.45) is 29.1 Å². The fourth-order valence-electron chi connectivity index (χ4n) is 7.39. The predicted octanol–water partition coefficient (Wildman–Crippen LogP) is 7.12. The van der Waals surface area contributed by atoms with E-state index in [2.05, 4.69) is 0 Å². The topological polar surface area (TPSA) is 0 Å². The zero-order valence-electron chi connectivity index (χ0n) is 14.8. The smallest absolute Gasteiger partial charge is 0.0210 e. The largest absolute Gasteiger partial charge is 0.0533 e. The van der Waals surface area contributed by atoms with Crippen molar-refractivity contribution >= 4 is 0 Å². The first kappa shape index (κ1) is 15.5. The summed E-state index contributed by atoms with van der Waals surface area (Å²) in [6, 6.07) is 0. The molecule has 0 heteroatoms. The van der Waals surface area contributed by atoms with E-state index >= 15 is 0 Å². The van der Waals surface area contributed by atoms with E-state index in [9.17, 15) is 0 Å². The molecule has 0 nitrogen and oxygen atoms in total. The van der Waals surface area contributed by atoms with Crippen molar-refractivity contribution in [3.05, 3.63) is 0 Å². The van der Waals surface area contributed by atoms with Gasteiger partial charge >= 0.3 is 0 Å². The highest BCUT2D eigenvalue weighted by Gasteiger charge is 2.54. The van der Waals surface area contributed by atoms with Crippen molar-refractivity contribution in [3.63, 3.8) is 0 Å². The van der Waals surface area contributed by atoms with Crippen molar-refractivity contribution in [3.8, 4) is 0 Å². The molecule has 2 atom stereocenters. The molecule has 22 heavy (non-hydrogen) atoms. The summed E-state index contributed by atoms with van der Waals surface area (Å²) in [5.41, 5.74) is 0.813. The highest BCUT2D eigenvalue weighted by atomic mass is 14.6. The van der Waals surface area contributed by atoms with Gasteiger partial charge in [-0.2, -0.15) is 0 Å². The Labute approximate surface area is 138 Å². The van der Waals surface area contributed by atoms with Gasteiger partial charge in [0, 0.05) is 0 Å². The first-order valence-electron chi connectivity index (χ1n) is 10.9. The van der Waals surface area contributed by atoms with Crippen LogP contribution in [-0.2, 0) is 0 Å². The van der Waals surface area contributed by atoms with Crippen LogP contribution in [0.15, 0.2) is 0 Å². The molecule has 2 unspecified atom stereocenters. The van der Waals surface area contributed by atoms with Crippen molar-refractivity contribution in [1.82, 2.24) is 0 Å². The van der Waals surface area contributed by atoms with E-state index in [1.807, 2.05) is 0 Å². The van der Waals surface area contributed by atoms with E-state index < -0.39 is 0 Å². The number of rotatable bonds is 3. The van der Waals surface area contributed by atoms with Crippen LogP contribution in [0.25, 0.3) is 0 Å². The van der Waals surface area contributed by atoms with E-state index in [1.165, 1.54) is 6.42 Å². The average molecular weight is 303 g/mol. The highest BCUT2D eigenvalue weighted by molar-refractivity contribution is 5.03. The molecule has 0 saturated heterocycles. The van der Waals surface area contributed by atoms with E-state index in [0.717, 1.165) is 29.1 Å². The van der Waals surface area contributed by atoms with E-state index in [0.29, 0.717) is 0 Å². The van der Waals surface area contributed by atoms with Crippen molar-refractivity contribution in [2.45, 2.75) is 109 Å². The Hall–Kier alpha value is 0. The summed E-state index contributed by atoms with van der Waals surface area (Å²) >= 11 is 0. The number of hydrogen-bond acceptors (Lipinski definition) is 0. The fourth-order valence-corrected chi connectivity index (χ4v) is 7.39. The summed E-state index contributed by atoms with van der Waals surface area (Å²) in [5, 5.41) is 0. The maximum Gasteiger partial charge on any atom is -0.0210 e. The first-order valence-corrected chi connectivity index (χ1v) is 10.9. The van der Waals surface area contributed by atoms with Gasteiger partial charge < -0.3 is 0 Å². The molecule has 4 aliphatic carbocycles. The van der Waals surface area contributed by atoms with Gasteiger partial charge in [-0.25, -0.2) is 0 Å². The minimum atomic E-state index is 0.813. The van der Waals surface area contributed by atoms with Crippen LogP contribution in [0, 0.1) is 29.1 Å². The molecule has 0 aromatic rings. The molecule has 4 saturated carbocycles. The third-order valence-corrected chi connectivity index (χ3v) is 8.51. The summed E-state index contributed by atoms with van der Waals surface area (Å²) in [5.74, 6) is 4.51. The van der Waals surface area contributed by atoms with Crippen LogP contribution in [0.3, 0.4) is 0 Å². The lowest BCUT2D eigenvalue weighted by molar-refractivity contribution is -0.0717. The Morgan fingerprint density at radius 1 is 0.455 bits per heavy atom. The van der Waals surface area contributed by atoms with Gasteiger partial charge in [-0.05, 0) is 67.6 Å². The Bertz CT molecular complexity index is 343. The Kier molecular flexibility index (Phi) is 4.84. The van der Waals surface area contributed by atoms with Gasteiger partial charge in [0.2, 0.25) is 0 Å². The van der Waals surface area contributed by atoms with Gasteiger partial charge in [-0.15, -0.1) is 0 Å². The Morgan fingerprint density at radius 2 is 1.00 bits per heavy atom.